The van der Waals surface area contributed by atoms with Crippen LogP contribution in [0.15, 0.2) is 10.7 Å². The fraction of sp³-hybridized carbons (Fsp3) is 0.667. The van der Waals surface area contributed by atoms with Crippen LogP contribution >= 0.6 is 0 Å². The van der Waals surface area contributed by atoms with Gasteiger partial charge in [0, 0.05) is 26.2 Å². The first-order chi connectivity index (χ1) is 10.3. The highest BCUT2D eigenvalue weighted by Crippen LogP contribution is 2.22. The van der Waals surface area contributed by atoms with Gasteiger partial charge in [-0.2, -0.15) is 4.98 Å². The van der Waals surface area contributed by atoms with Crippen LogP contribution in [0.5, 0.6) is 0 Å². The third-order valence-corrected chi connectivity index (χ3v) is 3.86. The van der Waals surface area contributed by atoms with Crippen LogP contribution < -0.4 is 5.32 Å². The summed E-state index contributed by atoms with van der Waals surface area (Å²) in [7, 11) is 2.05. The lowest BCUT2D eigenvalue weighted by Crippen LogP contribution is -2.43. The Balaban J connectivity index is 1.52. The molecule has 0 bridgehead atoms. The highest BCUT2D eigenvalue weighted by molar-refractivity contribution is 5.43. The van der Waals surface area contributed by atoms with Crippen molar-refractivity contribution in [2.75, 3.05) is 39.8 Å². The first-order valence-corrected chi connectivity index (χ1v) is 7.06. The SMILES string of the molecule is CN1CCOC(c2noc(-c3cn(C4CNC4)nn3)n2)C1. The number of hydrogen-bond donors (Lipinski definition) is 1. The Bertz CT molecular complexity index is 621. The van der Waals surface area contributed by atoms with E-state index in [0.717, 1.165) is 26.2 Å². The lowest BCUT2D eigenvalue weighted by molar-refractivity contribution is -0.0264. The average Bonchev–Trinajstić information content (AvgIpc) is 3.05. The van der Waals surface area contributed by atoms with E-state index in [0.29, 0.717) is 30.1 Å². The minimum atomic E-state index is -0.146. The van der Waals surface area contributed by atoms with Crippen molar-refractivity contribution in [1.82, 2.24) is 35.4 Å². The molecule has 0 amide bonds. The van der Waals surface area contributed by atoms with Crippen molar-refractivity contribution >= 4 is 0 Å². The third kappa shape index (κ3) is 2.43. The van der Waals surface area contributed by atoms with Crippen LogP contribution in [0.4, 0.5) is 0 Å². The number of nitrogens with zero attached hydrogens (tertiary/aromatic N) is 6. The number of likely N-dealkylation sites (N-methyl/N-ethyl adjacent to an activating group) is 1. The van der Waals surface area contributed by atoms with E-state index in [1.54, 1.807) is 0 Å². The molecule has 2 aliphatic rings. The first kappa shape index (κ1) is 12.9. The van der Waals surface area contributed by atoms with Gasteiger partial charge < -0.3 is 19.5 Å². The summed E-state index contributed by atoms with van der Waals surface area (Å²) >= 11 is 0. The zero-order valence-electron chi connectivity index (χ0n) is 11.8. The minimum absolute atomic E-state index is 0.146. The molecule has 1 unspecified atom stereocenters. The molecule has 21 heavy (non-hydrogen) atoms. The predicted molar refractivity (Wildman–Crippen MR) is 71.4 cm³/mol. The fourth-order valence-corrected chi connectivity index (χ4v) is 2.42. The molecule has 0 aliphatic carbocycles. The van der Waals surface area contributed by atoms with E-state index in [2.05, 4.69) is 37.7 Å². The monoisotopic (exact) mass is 291 g/mol. The van der Waals surface area contributed by atoms with Gasteiger partial charge in [0.15, 0.2) is 5.69 Å². The van der Waals surface area contributed by atoms with Crippen molar-refractivity contribution in [2.45, 2.75) is 12.1 Å². The van der Waals surface area contributed by atoms with E-state index in [-0.39, 0.29) is 6.10 Å². The zero-order chi connectivity index (χ0) is 14.2. The average molecular weight is 291 g/mol. The maximum atomic E-state index is 5.68. The van der Waals surface area contributed by atoms with Crippen LogP contribution in [-0.4, -0.2) is 69.9 Å². The van der Waals surface area contributed by atoms with Crippen molar-refractivity contribution in [3.63, 3.8) is 0 Å². The Morgan fingerprint density at radius 2 is 2.29 bits per heavy atom. The zero-order valence-corrected chi connectivity index (χ0v) is 11.8. The molecule has 4 heterocycles. The molecule has 1 atom stereocenters. The number of hydrogen-bond acceptors (Lipinski definition) is 8. The highest BCUT2D eigenvalue weighted by Gasteiger charge is 2.26. The summed E-state index contributed by atoms with van der Waals surface area (Å²) in [6.45, 7) is 4.19. The Morgan fingerprint density at radius 1 is 1.38 bits per heavy atom. The Labute approximate surface area is 121 Å². The molecule has 2 aromatic heterocycles. The Kier molecular flexibility index (Phi) is 3.17. The van der Waals surface area contributed by atoms with Crippen molar-refractivity contribution in [1.29, 1.82) is 0 Å². The molecule has 0 aromatic carbocycles. The second kappa shape index (κ2) is 5.17. The van der Waals surface area contributed by atoms with Crippen LogP contribution in [0.25, 0.3) is 11.6 Å². The van der Waals surface area contributed by atoms with Crippen LogP contribution in [0, 0.1) is 0 Å². The highest BCUT2D eigenvalue weighted by atomic mass is 16.5. The molecule has 9 heteroatoms. The molecule has 4 rings (SSSR count). The number of nitrogens with one attached hydrogen (secondary N) is 1. The summed E-state index contributed by atoms with van der Waals surface area (Å²) in [5.74, 6) is 0.955. The van der Waals surface area contributed by atoms with E-state index in [1.807, 2.05) is 10.9 Å². The van der Waals surface area contributed by atoms with E-state index in [1.165, 1.54) is 0 Å². The molecule has 0 spiro atoms. The van der Waals surface area contributed by atoms with E-state index >= 15 is 0 Å². The molecular weight excluding hydrogens is 274 g/mol. The van der Waals surface area contributed by atoms with Gasteiger partial charge in [0.1, 0.15) is 6.10 Å². The molecular formula is C12H17N7O2. The van der Waals surface area contributed by atoms with Gasteiger partial charge in [0.2, 0.25) is 5.82 Å². The fourth-order valence-electron chi connectivity index (χ4n) is 2.42. The summed E-state index contributed by atoms with van der Waals surface area (Å²) in [4.78, 5) is 6.58. The maximum Gasteiger partial charge on any atom is 0.280 e. The van der Waals surface area contributed by atoms with Crippen molar-refractivity contribution in [3.05, 3.63) is 12.0 Å². The third-order valence-electron chi connectivity index (χ3n) is 3.86. The van der Waals surface area contributed by atoms with Crippen molar-refractivity contribution in [2.24, 2.45) is 0 Å². The summed E-state index contributed by atoms with van der Waals surface area (Å²) in [6.07, 6.45) is 1.70. The lowest BCUT2D eigenvalue weighted by atomic mass is 10.2. The molecule has 2 aromatic rings. The first-order valence-electron chi connectivity index (χ1n) is 7.06. The van der Waals surface area contributed by atoms with Gasteiger partial charge >= 0.3 is 0 Å². The summed E-state index contributed by atoms with van der Waals surface area (Å²) in [5, 5.41) is 15.4. The summed E-state index contributed by atoms with van der Waals surface area (Å²) in [5.41, 5.74) is 0.602. The van der Waals surface area contributed by atoms with Crippen molar-refractivity contribution < 1.29 is 9.26 Å². The van der Waals surface area contributed by atoms with Gasteiger partial charge in [-0.1, -0.05) is 10.4 Å². The molecule has 1 N–H and O–H groups in total. The van der Waals surface area contributed by atoms with Gasteiger partial charge in [0.05, 0.1) is 18.8 Å². The lowest BCUT2D eigenvalue weighted by Gasteiger charge is -2.27. The second-order valence-corrected chi connectivity index (χ2v) is 5.48. The normalized spacial score (nSPS) is 24.1. The van der Waals surface area contributed by atoms with Gasteiger partial charge in [-0.3, -0.25) is 0 Å². The topological polar surface area (TPSA) is 94.1 Å². The van der Waals surface area contributed by atoms with E-state index in [4.69, 9.17) is 9.26 Å². The van der Waals surface area contributed by atoms with E-state index in [9.17, 15) is 0 Å². The summed E-state index contributed by atoms with van der Waals surface area (Å²) < 4.78 is 12.8. The van der Waals surface area contributed by atoms with Crippen molar-refractivity contribution in [3.8, 4) is 11.6 Å². The Hall–Kier alpha value is -1.84. The number of ether oxygens (including phenoxy) is 1. The van der Waals surface area contributed by atoms with Gasteiger partial charge in [-0.25, -0.2) is 4.68 Å². The Morgan fingerprint density at radius 3 is 3.05 bits per heavy atom. The summed E-state index contributed by atoms with van der Waals surface area (Å²) in [6, 6.07) is 0.365. The number of morpholine rings is 1. The van der Waals surface area contributed by atoms with Crippen LogP contribution in [-0.2, 0) is 4.74 Å². The van der Waals surface area contributed by atoms with Crippen LogP contribution in [0.2, 0.25) is 0 Å². The number of rotatable bonds is 3. The van der Waals surface area contributed by atoms with E-state index < -0.39 is 0 Å². The largest absolute Gasteiger partial charge is 0.367 e. The molecule has 112 valence electrons. The minimum Gasteiger partial charge on any atom is -0.367 e. The number of aromatic nitrogens is 5. The van der Waals surface area contributed by atoms with Crippen LogP contribution in [0.3, 0.4) is 0 Å². The standard InChI is InChI=1S/C12H17N7O2/c1-18-2-3-20-10(7-18)11-14-12(21-16-11)9-6-19(17-15-9)8-4-13-5-8/h6,8,10,13H,2-5,7H2,1H3. The predicted octanol–water partition coefficient (Wildman–Crippen LogP) is -0.524. The molecule has 0 saturated carbocycles. The second-order valence-electron chi connectivity index (χ2n) is 5.48. The molecule has 0 radical (unpaired) electrons. The molecule has 2 fully saturated rings. The molecule has 2 saturated heterocycles. The van der Waals surface area contributed by atoms with Gasteiger partial charge in [-0.15, -0.1) is 5.10 Å². The van der Waals surface area contributed by atoms with Crippen LogP contribution in [0.1, 0.15) is 18.0 Å². The quantitative estimate of drug-likeness (QED) is 0.807. The van der Waals surface area contributed by atoms with Gasteiger partial charge in [-0.05, 0) is 7.05 Å². The smallest absolute Gasteiger partial charge is 0.280 e. The molecule has 2 aliphatic heterocycles. The maximum absolute atomic E-state index is 5.68. The van der Waals surface area contributed by atoms with Gasteiger partial charge in [0.25, 0.3) is 5.89 Å². The molecule has 9 nitrogen and oxygen atoms in total.